The van der Waals surface area contributed by atoms with E-state index in [2.05, 4.69) is 35.6 Å². The first-order valence-electron chi connectivity index (χ1n) is 13.9. The van der Waals surface area contributed by atoms with Gasteiger partial charge in [-0.3, -0.25) is 14.5 Å². The molecule has 0 spiro atoms. The first-order valence-corrected chi connectivity index (χ1v) is 15.0. The number of amides is 2. The number of halogens is 1. The van der Waals surface area contributed by atoms with Crippen LogP contribution < -0.4 is 9.64 Å². The maximum atomic E-state index is 13.6. The maximum Gasteiger partial charge on any atom is 0.238 e. The molecule has 1 aliphatic carbocycles. The monoisotopic (exact) mass is 659 g/mol. The lowest BCUT2D eigenvalue weighted by molar-refractivity contribution is -0.123. The van der Waals surface area contributed by atoms with Crippen LogP contribution in [0.2, 0.25) is 0 Å². The third-order valence-electron chi connectivity index (χ3n) is 8.13. The lowest BCUT2D eigenvalue weighted by Crippen LogP contribution is -2.39. The predicted octanol–water partition coefficient (Wildman–Crippen LogP) is 5.85. The molecule has 2 aromatic carbocycles. The molecule has 1 aliphatic heterocycles. The van der Waals surface area contributed by atoms with Gasteiger partial charge < -0.3 is 20.1 Å². The van der Waals surface area contributed by atoms with Crippen LogP contribution in [-0.4, -0.2) is 47.0 Å². The second kappa shape index (κ2) is 13.3. The van der Waals surface area contributed by atoms with E-state index < -0.39 is 23.9 Å². The van der Waals surface area contributed by atoms with E-state index in [1.165, 1.54) is 12.0 Å². The summed E-state index contributed by atoms with van der Waals surface area (Å²) in [5, 5.41) is 32.2. The van der Waals surface area contributed by atoms with E-state index in [0.29, 0.717) is 40.7 Å². The first kappa shape index (κ1) is 30.3. The number of phenolic OH excluding ortho intramolecular Hbond substituents is 1. The zero-order valence-corrected chi connectivity index (χ0v) is 25.4. The molecule has 7 nitrogen and oxygen atoms in total. The van der Waals surface area contributed by atoms with Crippen molar-refractivity contribution in [2.24, 2.45) is 17.8 Å². The summed E-state index contributed by atoms with van der Waals surface area (Å²) in [6.45, 7) is 3.80. The van der Waals surface area contributed by atoms with E-state index in [1.807, 2.05) is 19.1 Å². The molecule has 0 bridgehead atoms. The lowest BCUT2D eigenvalue weighted by Gasteiger charge is -2.36. The maximum absolute atomic E-state index is 13.6. The van der Waals surface area contributed by atoms with Crippen molar-refractivity contribution < 1.29 is 29.6 Å². The molecule has 0 radical (unpaired) electrons. The normalized spacial score (nSPS) is 22.1. The van der Waals surface area contributed by atoms with Crippen molar-refractivity contribution in [1.29, 1.82) is 0 Å². The molecule has 8 heteroatoms. The van der Waals surface area contributed by atoms with Crippen molar-refractivity contribution in [2.45, 2.75) is 58.5 Å². The summed E-state index contributed by atoms with van der Waals surface area (Å²) >= 11 is 2.08. The minimum Gasteiger partial charge on any atom is -0.504 e. The van der Waals surface area contributed by atoms with Gasteiger partial charge in [-0.1, -0.05) is 55.7 Å². The molecular formula is C32H38INO6. The molecule has 3 N–H and O–H groups in total. The van der Waals surface area contributed by atoms with Gasteiger partial charge in [-0.15, -0.1) is 0 Å². The number of methoxy groups -OCH3 is 1. The van der Waals surface area contributed by atoms with Gasteiger partial charge in [-0.2, -0.15) is 0 Å². The van der Waals surface area contributed by atoms with Crippen LogP contribution in [-0.2, 0) is 9.59 Å². The topological polar surface area (TPSA) is 107 Å². The lowest BCUT2D eigenvalue weighted by atomic mass is 9.67. The number of para-hydroxylation sites is 1. The molecule has 2 aliphatic rings. The zero-order chi connectivity index (χ0) is 29.0. The number of imide groups is 1. The van der Waals surface area contributed by atoms with Crippen LogP contribution in [0.25, 0.3) is 6.08 Å². The molecule has 214 valence electrons. The number of ether oxygens (including phenoxy) is 1. The fourth-order valence-corrected chi connectivity index (χ4v) is 6.89. The second-order valence-electron chi connectivity index (χ2n) is 10.5. The number of phenols is 1. The van der Waals surface area contributed by atoms with Crippen LogP contribution in [0.1, 0.15) is 57.9 Å². The standard InChI is InChI=1S/C32H38INO6/c1-4-9-19(14-20-15-25(33)30(37)27(16-20)40-3)12-13-26(36)28-21(5-2)17-23-29(24(28)18-35)32(39)34(31(23)38)22-10-7-6-8-11-22/h6-8,10-11,14-16,23-24,26,29,35-37H,4-5,9,12-13,17-18H2,1-3H3/b19-14+/t23-,24+,26-,29-/m1/s1. The summed E-state index contributed by atoms with van der Waals surface area (Å²) in [5.74, 6) is -1.82. The van der Waals surface area contributed by atoms with E-state index in [-0.39, 0.29) is 24.2 Å². The highest BCUT2D eigenvalue weighted by molar-refractivity contribution is 14.1. The number of aromatic hydroxyl groups is 1. The molecule has 40 heavy (non-hydrogen) atoms. The third kappa shape index (κ3) is 5.99. The van der Waals surface area contributed by atoms with E-state index in [4.69, 9.17) is 4.74 Å². The largest absolute Gasteiger partial charge is 0.504 e. The van der Waals surface area contributed by atoms with Gasteiger partial charge in [0.2, 0.25) is 11.8 Å². The Morgan fingerprint density at radius 2 is 1.88 bits per heavy atom. The smallest absolute Gasteiger partial charge is 0.238 e. The van der Waals surface area contributed by atoms with E-state index in [0.717, 1.165) is 35.1 Å². The molecule has 4 atom stereocenters. The van der Waals surface area contributed by atoms with Gasteiger partial charge in [0.15, 0.2) is 11.5 Å². The number of rotatable bonds is 11. The Morgan fingerprint density at radius 3 is 2.50 bits per heavy atom. The summed E-state index contributed by atoms with van der Waals surface area (Å²) in [5.41, 5.74) is 4.29. The molecule has 1 fully saturated rings. The Hall–Kier alpha value is -2.69. The van der Waals surface area contributed by atoms with E-state index >= 15 is 0 Å². The number of anilines is 1. The highest BCUT2D eigenvalue weighted by atomic mass is 127. The van der Waals surface area contributed by atoms with E-state index in [9.17, 15) is 24.9 Å². The molecule has 2 aromatic rings. The van der Waals surface area contributed by atoms with Crippen molar-refractivity contribution in [3.8, 4) is 11.5 Å². The number of aliphatic hydroxyl groups excluding tert-OH is 2. The number of carbonyl (C=O) groups excluding carboxylic acids is 2. The Bertz CT molecular complexity index is 1300. The van der Waals surface area contributed by atoms with Gasteiger partial charge in [-0.25, -0.2) is 0 Å². The van der Waals surface area contributed by atoms with Crippen molar-refractivity contribution >= 4 is 46.2 Å². The predicted molar refractivity (Wildman–Crippen MR) is 164 cm³/mol. The molecule has 4 rings (SSSR count). The summed E-state index contributed by atoms with van der Waals surface area (Å²) in [6, 6.07) is 12.6. The molecule has 2 amide bonds. The number of hydrogen-bond acceptors (Lipinski definition) is 6. The van der Waals surface area contributed by atoms with Crippen molar-refractivity contribution in [1.82, 2.24) is 0 Å². The number of benzene rings is 2. The Morgan fingerprint density at radius 1 is 1.15 bits per heavy atom. The quantitative estimate of drug-likeness (QED) is 0.159. The van der Waals surface area contributed by atoms with Crippen LogP contribution in [0.15, 0.2) is 59.2 Å². The van der Waals surface area contributed by atoms with E-state index in [1.54, 1.807) is 30.3 Å². The third-order valence-corrected chi connectivity index (χ3v) is 8.95. The molecule has 1 saturated heterocycles. The fraction of sp³-hybridized carbons (Fsp3) is 0.438. The molecule has 0 saturated carbocycles. The highest BCUT2D eigenvalue weighted by Gasteiger charge is 2.55. The Labute approximate surface area is 249 Å². The Balaban J connectivity index is 1.58. The van der Waals surface area contributed by atoms with Crippen LogP contribution in [0.5, 0.6) is 11.5 Å². The average Bonchev–Trinajstić information content (AvgIpc) is 3.21. The minimum absolute atomic E-state index is 0.114. The summed E-state index contributed by atoms with van der Waals surface area (Å²) in [6.07, 6.45) is 5.15. The van der Waals surface area contributed by atoms with Crippen molar-refractivity contribution in [3.05, 3.63) is 68.3 Å². The SMILES string of the molecule is CCC/C(=C\c1cc(I)c(O)c(OC)c1)CC[C@@H](O)C1=C(CC)C[C@H]2C(=O)N(c3ccccc3)C(=O)[C@H]2[C@H]1CO. The second-order valence-corrected chi connectivity index (χ2v) is 11.7. The van der Waals surface area contributed by atoms with Crippen LogP contribution in [0.3, 0.4) is 0 Å². The summed E-state index contributed by atoms with van der Waals surface area (Å²) < 4.78 is 6.01. The van der Waals surface area contributed by atoms with Gasteiger partial charge in [0.1, 0.15) is 0 Å². The van der Waals surface area contributed by atoms with Gasteiger partial charge in [-0.05, 0) is 90.1 Å². The van der Waals surface area contributed by atoms with Gasteiger partial charge in [0, 0.05) is 5.92 Å². The number of nitrogens with zero attached hydrogens (tertiary/aromatic N) is 1. The first-order chi connectivity index (χ1) is 19.2. The molecular weight excluding hydrogens is 621 g/mol. The van der Waals surface area contributed by atoms with Gasteiger partial charge in [0.05, 0.1) is 40.9 Å². The molecule has 0 aromatic heterocycles. The van der Waals surface area contributed by atoms with Crippen LogP contribution in [0.4, 0.5) is 5.69 Å². The highest BCUT2D eigenvalue weighted by Crippen LogP contribution is 2.48. The number of allylic oxidation sites excluding steroid dienone is 2. The number of aliphatic hydroxyl groups is 2. The van der Waals surface area contributed by atoms with Crippen molar-refractivity contribution in [2.75, 3.05) is 18.6 Å². The Kier molecular flexibility index (Phi) is 10.1. The van der Waals surface area contributed by atoms with Crippen molar-refractivity contribution in [3.63, 3.8) is 0 Å². The number of hydrogen-bond donors (Lipinski definition) is 3. The van der Waals surface area contributed by atoms with Crippen LogP contribution in [0, 0.1) is 21.3 Å². The molecule has 0 unspecified atom stereocenters. The zero-order valence-electron chi connectivity index (χ0n) is 23.3. The average molecular weight is 660 g/mol. The van der Waals surface area contributed by atoms with Gasteiger partial charge in [0.25, 0.3) is 0 Å². The summed E-state index contributed by atoms with van der Waals surface area (Å²) in [4.78, 5) is 28.3. The van der Waals surface area contributed by atoms with Gasteiger partial charge >= 0.3 is 0 Å². The number of carbonyl (C=O) groups is 2. The minimum atomic E-state index is -0.837. The number of fused-ring (bicyclic) bond motifs is 1. The van der Waals surface area contributed by atoms with Crippen LogP contribution >= 0.6 is 22.6 Å². The fourth-order valence-electron chi connectivity index (χ4n) is 6.27. The molecule has 1 heterocycles. The summed E-state index contributed by atoms with van der Waals surface area (Å²) in [7, 11) is 1.52.